The van der Waals surface area contributed by atoms with Crippen LogP contribution in [0.5, 0.6) is 5.75 Å². The van der Waals surface area contributed by atoms with Crippen LogP contribution in [0.15, 0.2) is 42.5 Å². The fourth-order valence-corrected chi connectivity index (χ4v) is 6.06. The first-order valence-corrected chi connectivity index (χ1v) is 13.1. The van der Waals surface area contributed by atoms with Crippen LogP contribution in [0.3, 0.4) is 0 Å². The molecule has 0 saturated carbocycles. The Morgan fingerprint density at radius 1 is 1.21 bits per heavy atom. The van der Waals surface area contributed by atoms with Gasteiger partial charge in [0.25, 0.3) is 5.91 Å². The highest BCUT2D eigenvalue weighted by Gasteiger charge is 2.41. The van der Waals surface area contributed by atoms with Crippen molar-refractivity contribution in [3.63, 3.8) is 0 Å². The zero-order chi connectivity index (χ0) is 23.7. The van der Waals surface area contributed by atoms with E-state index in [2.05, 4.69) is 54.5 Å². The fraction of sp³-hybridized carbons (Fsp3) is 0.552. The van der Waals surface area contributed by atoms with Crippen molar-refractivity contribution in [3.05, 3.63) is 64.7 Å². The molecule has 2 saturated heterocycles. The molecule has 3 heterocycles. The molecule has 5 nitrogen and oxygen atoms in total. The molecule has 0 aromatic heterocycles. The highest BCUT2D eigenvalue weighted by atomic mass is 16.5. The summed E-state index contributed by atoms with van der Waals surface area (Å²) < 4.78 is 6.13. The van der Waals surface area contributed by atoms with Crippen LogP contribution in [0.1, 0.15) is 79.2 Å². The number of fused-ring (bicyclic) bond motifs is 4. The Morgan fingerprint density at radius 2 is 2.03 bits per heavy atom. The molecule has 2 fully saturated rings. The summed E-state index contributed by atoms with van der Waals surface area (Å²) in [7, 11) is 0. The van der Waals surface area contributed by atoms with Crippen molar-refractivity contribution in [1.82, 2.24) is 15.5 Å². The summed E-state index contributed by atoms with van der Waals surface area (Å²) in [6, 6.07) is 15.2. The maximum Gasteiger partial charge on any atom is 0.252 e. The van der Waals surface area contributed by atoms with Gasteiger partial charge in [-0.2, -0.15) is 0 Å². The van der Waals surface area contributed by atoms with Crippen LogP contribution in [-0.2, 0) is 6.42 Å². The van der Waals surface area contributed by atoms with Gasteiger partial charge in [-0.25, -0.2) is 0 Å². The minimum Gasteiger partial charge on any atom is -0.493 e. The summed E-state index contributed by atoms with van der Waals surface area (Å²) >= 11 is 0. The SMILES string of the molecule is CC(C)COc1cc2c(c(C(=O)N[C@H](C)c3ccccc3)c1)[C@H]1C[C@@H]3NCCC[C@@H]3CN1CC2. The Kier molecular flexibility index (Phi) is 6.94. The van der Waals surface area contributed by atoms with E-state index >= 15 is 0 Å². The van der Waals surface area contributed by atoms with E-state index in [9.17, 15) is 4.79 Å². The molecule has 3 aliphatic rings. The topological polar surface area (TPSA) is 53.6 Å². The lowest BCUT2D eigenvalue weighted by atomic mass is 9.76. The number of carbonyl (C=O) groups excluding carboxylic acids is 1. The summed E-state index contributed by atoms with van der Waals surface area (Å²) in [5, 5.41) is 7.06. The normalized spacial score (nSPS) is 25.1. The minimum absolute atomic E-state index is 0.00294. The van der Waals surface area contributed by atoms with Crippen molar-refractivity contribution in [2.24, 2.45) is 11.8 Å². The van der Waals surface area contributed by atoms with E-state index < -0.39 is 0 Å². The molecule has 0 aliphatic carbocycles. The van der Waals surface area contributed by atoms with Gasteiger partial charge in [-0.05, 0) is 79.8 Å². The molecular weight excluding hydrogens is 422 g/mol. The van der Waals surface area contributed by atoms with Crippen LogP contribution < -0.4 is 15.4 Å². The van der Waals surface area contributed by atoms with Gasteiger partial charge in [0.05, 0.1) is 12.6 Å². The van der Waals surface area contributed by atoms with E-state index in [-0.39, 0.29) is 11.9 Å². The van der Waals surface area contributed by atoms with E-state index in [4.69, 9.17) is 4.74 Å². The summed E-state index contributed by atoms with van der Waals surface area (Å²) in [5.74, 6) is 2.00. The fourth-order valence-electron chi connectivity index (χ4n) is 6.06. The van der Waals surface area contributed by atoms with E-state index in [1.54, 1.807) is 0 Å². The van der Waals surface area contributed by atoms with E-state index in [0.717, 1.165) is 55.3 Å². The largest absolute Gasteiger partial charge is 0.493 e. The van der Waals surface area contributed by atoms with Crippen LogP contribution in [0, 0.1) is 11.8 Å². The first kappa shape index (κ1) is 23.4. The molecule has 5 rings (SSSR count). The number of piperidine rings is 2. The van der Waals surface area contributed by atoms with E-state index in [1.807, 2.05) is 24.3 Å². The molecule has 34 heavy (non-hydrogen) atoms. The predicted octanol–water partition coefficient (Wildman–Crippen LogP) is 4.88. The molecule has 2 aromatic rings. The number of amides is 1. The first-order chi connectivity index (χ1) is 16.5. The highest BCUT2D eigenvalue weighted by molar-refractivity contribution is 5.97. The van der Waals surface area contributed by atoms with Gasteiger partial charge >= 0.3 is 0 Å². The number of nitrogens with zero attached hydrogens (tertiary/aromatic N) is 1. The minimum atomic E-state index is -0.0555. The molecule has 0 radical (unpaired) electrons. The molecule has 5 heteroatoms. The summed E-state index contributed by atoms with van der Waals surface area (Å²) in [6.07, 6.45) is 4.65. The summed E-state index contributed by atoms with van der Waals surface area (Å²) in [6.45, 7) is 10.3. The molecule has 0 bridgehead atoms. The Bertz CT molecular complexity index is 1010. The van der Waals surface area contributed by atoms with Crippen molar-refractivity contribution in [2.75, 3.05) is 26.2 Å². The second-order valence-electron chi connectivity index (χ2n) is 10.8. The van der Waals surface area contributed by atoms with Crippen LogP contribution >= 0.6 is 0 Å². The molecule has 0 unspecified atom stereocenters. The van der Waals surface area contributed by atoms with Gasteiger partial charge in [0.2, 0.25) is 0 Å². The zero-order valence-electron chi connectivity index (χ0n) is 20.8. The maximum atomic E-state index is 13.7. The lowest BCUT2D eigenvalue weighted by Crippen LogP contribution is -2.55. The van der Waals surface area contributed by atoms with Crippen LogP contribution in [-0.4, -0.2) is 43.1 Å². The average Bonchev–Trinajstić information content (AvgIpc) is 2.86. The Hall–Kier alpha value is -2.37. The molecule has 2 aromatic carbocycles. The van der Waals surface area contributed by atoms with Gasteiger partial charge in [0, 0.05) is 30.7 Å². The summed E-state index contributed by atoms with van der Waals surface area (Å²) in [4.78, 5) is 16.4. The van der Waals surface area contributed by atoms with Crippen LogP contribution in [0.2, 0.25) is 0 Å². The lowest BCUT2D eigenvalue weighted by molar-refractivity contribution is 0.0542. The Morgan fingerprint density at radius 3 is 2.82 bits per heavy atom. The van der Waals surface area contributed by atoms with Crippen molar-refractivity contribution < 1.29 is 9.53 Å². The van der Waals surface area contributed by atoms with Crippen LogP contribution in [0.25, 0.3) is 0 Å². The smallest absolute Gasteiger partial charge is 0.252 e. The Labute approximate surface area is 204 Å². The number of carbonyl (C=O) groups is 1. The third-order valence-electron chi connectivity index (χ3n) is 7.83. The Balaban J connectivity index is 1.47. The van der Waals surface area contributed by atoms with Crippen LogP contribution in [0.4, 0.5) is 0 Å². The monoisotopic (exact) mass is 461 g/mol. The highest BCUT2D eigenvalue weighted by Crippen LogP contribution is 2.43. The van der Waals surface area contributed by atoms with Crippen molar-refractivity contribution in [3.8, 4) is 5.75 Å². The molecular formula is C29H39N3O2. The predicted molar refractivity (Wildman–Crippen MR) is 136 cm³/mol. The molecule has 1 amide bonds. The number of nitrogens with one attached hydrogen (secondary N) is 2. The average molecular weight is 462 g/mol. The van der Waals surface area contributed by atoms with Gasteiger partial charge in [-0.3, -0.25) is 9.69 Å². The van der Waals surface area contributed by atoms with Gasteiger partial charge in [0.15, 0.2) is 0 Å². The van der Waals surface area contributed by atoms with Gasteiger partial charge in [0.1, 0.15) is 5.75 Å². The number of hydrogen-bond acceptors (Lipinski definition) is 4. The number of ether oxygens (including phenoxy) is 1. The zero-order valence-corrected chi connectivity index (χ0v) is 20.8. The van der Waals surface area contributed by atoms with Crippen molar-refractivity contribution in [1.29, 1.82) is 0 Å². The first-order valence-electron chi connectivity index (χ1n) is 13.1. The van der Waals surface area contributed by atoms with Gasteiger partial charge < -0.3 is 15.4 Å². The third kappa shape index (κ3) is 4.87. The van der Waals surface area contributed by atoms with Gasteiger partial charge in [-0.1, -0.05) is 44.2 Å². The molecule has 0 spiro atoms. The van der Waals surface area contributed by atoms with Crippen molar-refractivity contribution >= 4 is 5.91 Å². The number of rotatable bonds is 6. The number of hydrogen-bond donors (Lipinski definition) is 2. The van der Waals surface area contributed by atoms with Crippen molar-refractivity contribution in [2.45, 2.75) is 64.6 Å². The standard InChI is InChI=1S/C29H39N3O2/c1-19(2)18-34-24-14-22-11-13-32-17-23-10-7-12-30-26(23)16-27(32)28(22)25(15-24)29(33)31-20(3)21-8-5-4-6-9-21/h4-6,8-9,14-15,19-20,23,26-27,30H,7,10-13,16-18H2,1-3H3,(H,31,33)/t20-,23-,26+,27-/m1/s1. The van der Waals surface area contributed by atoms with Gasteiger partial charge in [-0.15, -0.1) is 0 Å². The maximum absolute atomic E-state index is 13.7. The third-order valence-corrected chi connectivity index (χ3v) is 7.83. The molecule has 182 valence electrons. The van der Waals surface area contributed by atoms with E-state index in [1.165, 1.54) is 24.0 Å². The molecule has 2 N–H and O–H groups in total. The summed E-state index contributed by atoms with van der Waals surface area (Å²) in [5.41, 5.74) is 4.43. The quantitative estimate of drug-likeness (QED) is 0.644. The van der Waals surface area contributed by atoms with E-state index in [0.29, 0.717) is 24.6 Å². The lowest BCUT2D eigenvalue weighted by Gasteiger charge is -2.49. The molecule has 4 atom stereocenters. The second-order valence-corrected chi connectivity index (χ2v) is 10.8. The number of benzene rings is 2. The molecule has 3 aliphatic heterocycles. The second kappa shape index (κ2) is 10.1.